The molecule has 0 radical (unpaired) electrons. The second-order valence-corrected chi connectivity index (χ2v) is 2.89. The molecule has 13 heavy (non-hydrogen) atoms. The molecule has 0 amide bonds. The number of hydrogen-bond acceptors (Lipinski definition) is 1. The molecule has 0 aromatic rings. The number of alkyl halides is 3. The maximum atomic E-state index is 11.8. The Bertz CT molecular complexity index is 213. The molecule has 0 aliphatic heterocycles. The summed E-state index contributed by atoms with van der Waals surface area (Å²) >= 11 is 0. The number of rotatable bonds is 3. The van der Waals surface area contributed by atoms with Gasteiger partial charge in [-0.3, -0.25) is 0 Å². The van der Waals surface area contributed by atoms with E-state index in [-0.39, 0.29) is 6.42 Å². The van der Waals surface area contributed by atoms with Crippen LogP contribution in [0.4, 0.5) is 13.2 Å². The molecule has 1 nitrogen and oxygen atoms in total. The topological polar surface area (TPSA) is 26.0 Å². The Hall–Kier alpha value is -0.930. The maximum absolute atomic E-state index is 11.8. The molecule has 0 aromatic carbocycles. The van der Waals surface area contributed by atoms with E-state index in [1.807, 2.05) is 0 Å². The summed E-state index contributed by atoms with van der Waals surface area (Å²) < 4.78 is 35.3. The molecule has 0 saturated carbocycles. The first-order valence-electron chi connectivity index (χ1n) is 4.01. The van der Waals surface area contributed by atoms with E-state index in [1.165, 1.54) is 0 Å². The lowest BCUT2D eigenvalue weighted by molar-refractivity contribution is -0.133. The van der Waals surface area contributed by atoms with Gasteiger partial charge in [0.15, 0.2) is 0 Å². The molecule has 0 unspecified atom stereocenters. The van der Waals surface area contributed by atoms with Crippen LogP contribution in [0.5, 0.6) is 0 Å². The van der Waals surface area contributed by atoms with E-state index in [4.69, 9.17) is 5.73 Å². The minimum absolute atomic E-state index is 0.0119. The number of halogens is 3. The van der Waals surface area contributed by atoms with Crippen LogP contribution in [0.1, 0.15) is 26.7 Å². The van der Waals surface area contributed by atoms with E-state index in [2.05, 4.69) is 0 Å². The van der Waals surface area contributed by atoms with Crippen molar-refractivity contribution in [2.24, 2.45) is 5.73 Å². The van der Waals surface area contributed by atoms with Crippen LogP contribution < -0.4 is 5.73 Å². The summed E-state index contributed by atoms with van der Waals surface area (Å²) in [7, 11) is 0. The number of allylic oxidation sites excluding steroid dienone is 3. The van der Waals surface area contributed by atoms with Gasteiger partial charge in [0.05, 0.1) is 0 Å². The molecule has 0 atom stereocenters. The normalized spacial score (nSPS) is 14.8. The fourth-order valence-electron chi connectivity index (χ4n) is 0.779. The molecule has 2 N–H and O–H groups in total. The Labute approximate surface area is 76.1 Å². The zero-order valence-electron chi connectivity index (χ0n) is 7.78. The summed E-state index contributed by atoms with van der Waals surface area (Å²) in [5, 5.41) is 0. The SMILES string of the molecule is C/C=C(N)\C=C(/C)CCC(F)(F)F. The zero-order valence-corrected chi connectivity index (χ0v) is 7.78. The zero-order chi connectivity index (χ0) is 10.5. The average molecular weight is 193 g/mol. The highest BCUT2D eigenvalue weighted by atomic mass is 19.4. The van der Waals surface area contributed by atoms with Gasteiger partial charge in [0.1, 0.15) is 0 Å². The summed E-state index contributed by atoms with van der Waals surface area (Å²) in [6.45, 7) is 3.38. The Kier molecular flexibility index (Phi) is 4.59. The standard InChI is InChI=1S/C9H14F3N/c1-3-8(13)6-7(2)4-5-9(10,11)12/h3,6H,4-5,13H2,1-2H3/b7-6+,8-3+. The third kappa shape index (κ3) is 7.43. The van der Waals surface area contributed by atoms with Gasteiger partial charge in [-0.25, -0.2) is 0 Å². The van der Waals surface area contributed by atoms with E-state index in [1.54, 1.807) is 26.0 Å². The van der Waals surface area contributed by atoms with Gasteiger partial charge in [0.25, 0.3) is 0 Å². The van der Waals surface area contributed by atoms with Gasteiger partial charge in [-0.1, -0.05) is 11.6 Å². The van der Waals surface area contributed by atoms with Crippen molar-refractivity contribution in [3.63, 3.8) is 0 Å². The van der Waals surface area contributed by atoms with Gasteiger partial charge >= 0.3 is 6.18 Å². The van der Waals surface area contributed by atoms with Crippen LogP contribution in [0.25, 0.3) is 0 Å². The van der Waals surface area contributed by atoms with Crippen molar-refractivity contribution in [1.29, 1.82) is 0 Å². The first-order chi connectivity index (χ1) is 5.85. The lowest BCUT2D eigenvalue weighted by Crippen LogP contribution is -2.06. The van der Waals surface area contributed by atoms with Crippen LogP contribution in [-0.4, -0.2) is 6.18 Å². The molecule has 76 valence electrons. The number of nitrogens with two attached hydrogens (primary N) is 1. The predicted octanol–water partition coefficient (Wildman–Crippen LogP) is 3.14. The summed E-state index contributed by atoms with van der Waals surface area (Å²) in [6.07, 6.45) is -1.65. The van der Waals surface area contributed by atoms with Crippen LogP contribution >= 0.6 is 0 Å². The Morgan fingerprint density at radius 2 is 1.92 bits per heavy atom. The Morgan fingerprint density at radius 3 is 2.31 bits per heavy atom. The highest BCUT2D eigenvalue weighted by molar-refractivity contribution is 5.18. The van der Waals surface area contributed by atoms with Crippen molar-refractivity contribution in [1.82, 2.24) is 0 Å². The summed E-state index contributed by atoms with van der Waals surface area (Å²) in [4.78, 5) is 0. The molecule has 0 aliphatic carbocycles. The first-order valence-corrected chi connectivity index (χ1v) is 4.01. The second-order valence-electron chi connectivity index (χ2n) is 2.89. The molecule has 4 heteroatoms. The lowest BCUT2D eigenvalue weighted by atomic mass is 10.1. The highest BCUT2D eigenvalue weighted by Gasteiger charge is 2.26. The molecule has 0 fully saturated rings. The van der Waals surface area contributed by atoms with Crippen molar-refractivity contribution >= 4 is 0 Å². The van der Waals surface area contributed by atoms with E-state index >= 15 is 0 Å². The molecule has 0 rings (SSSR count). The molecular weight excluding hydrogens is 179 g/mol. The first kappa shape index (κ1) is 12.1. The van der Waals surface area contributed by atoms with Crippen LogP contribution in [0.3, 0.4) is 0 Å². The molecule has 0 spiro atoms. The molecular formula is C9H14F3N. The number of hydrogen-bond donors (Lipinski definition) is 1. The minimum atomic E-state index is -4.08. The van der Waals surface area contributed by atoms with E-state index in [0.717, 1.165) is 0 Å². The van der Waals surface area contributed by atoms with Gasteiger partial charge in [-0.2, -0.15) is 13.2 Å². The summed E-state index contributed by atoms with van der Waals surface area (Å²) in [5.74, 6) is 0. The van der Waals surface area contributed by atoms with Gasteiger partial charge in [0, 0.05) is 12.1 Å². The Balaban J connectivity index is 4.02. The predicted molar refractivity (Wildman–Crippen MR) is 47.0 cm³/mol. The van der Waals surface area contributed by atoms with Crippen molar-refractivity contribution in [2.45, 2.75) is 32.9 Å². The maximum Gasteiger partial charge on any atom is 0.389 e. The van der Waals surface area contributed by atoms with Gasteiger partial charge < -0.3 is 5.73 Å². The van der Waals surface area contributed by atoms with Crippen LogP contribution in [0, 0.1) is 0 Å². The van der Waals surface area contributed by atoms with Crippen LogP contribution in [-0.2, 0) is 0 Å². The molecule has 0 aromatic heterocycles. The van der Waals surface area contributed by atoms with Crippen molar-refractivity contribution in [3.05, 3.63) is 23.4 Å². The lowest BCUT2D eigenvalue weighted by Gasteiger charge is -2.05. The van der Waals surface area contributed by atoms with Gasteiger partial charge in [0.2, 0.25) is 0 Å². The van der Waals surface area contributed by atoms with Crippen molar-refractivity contribution in [2.75, 3.05) is 0 Å². The smallest absolute Gasteiger partial charge is 0.389 e. The third-order valence-electron chi connectivity index (χ3n) is 1.55. The van der Waals surface area contributed by atoms with E-state index in [0.29, 0.717) is 11.3 Å². The largest absolute Gasteiger partial charge is 0.399 e. The highest BCUT2D eigenvalue weighted by Crippen LogP contribution is 2.23. The van der Waals surface area contributed by atoms with E-state index in [9.17, 15) is 13.2 Å². The fourth-order valence-corrected chi connectivity index (χ4v) is 0.779. The van der Waals surface area contributed by atoms with Crippen LogP contribution in [0.15, 0.2) is 23.4 Å². The summed E-state index contributed by atoms with van der Waals surface area (Å²) in [6, 6.07) is 0. The molecule has 0 heterocycles. The average Bonchev–Trinajstić information content (AvgIpc) is 1.99. The van der Waals surface area contributed by atoms with Crippen molar-refractivity contribution in [3.8, 4) is 0 Å². The van der Waals surface area contributed by atoms with Crippen LogP contribution in [0.2, 0.25) is 0 Å². The van der Waals surface area contributed by atoms with Gasteiger partial charge in [-0.15, -0.1) is 0 Å². The molecule has 0 saturated heterocycles. The fraction of sp³-hybridized carbons (Fsp3) is 0.556. The summed E-state index contributed by atoms with van der Waals surface area (Å²) in [5.41, 5.74) is 6.56. The second kappa shape index (κ2) is 4.94. The van der Waals surface area contributed by atoms with Gasteiger partial charge in [-0.05, 0) is 26.3 Å². The molecule has 0 bridgehead atoms. The molecule has 0 aliphatic rings. The third-order valence-corrected chi connectivity index (χ3v) is 1.55. The van der Waals surface area contributed by atoms with E-state index < -0.39 is 12.6 Å². The minimum Gasteiger partial charge on any atom is -0.399 e. The monoisotopic (exact) mass is 193 g/mol. The quantitative estimate of drug-likeness (QED) is 0.684. The van der Waals surface area contributed by atoms with Crippen molar-refractivity contribution < 1.29 is 13.2 Å². The Morgan fingerprint density at radius 1 is 1.38 bits per heavy atom.